The van der Waals surface area contributed by atoms with Gasteiger partial charge >= 0.3 is 0 Å². The van der Waals surface area contributed by atoms with E-state index >= 15 is 0 Å². The fourth-order valence-corrected chi connectivity index (χ4v) is 4.01. The molecule has 0 aromatic heterocycles. The quantitative estimate of drug-likeness (QED) is 0.849. The molecule has 2 aliphatic heterocycles. The molecule has 0 aromatic carbocycles. The molecule has 0 aliphatic carbocycles. The highest BCUT2D eigenvalue weighted by molar-refractivity contribution is 7.99. The Morgan fingerprint density at radius 2 is 2.22 bits per heavy atom. The predicted molar refractivity (Wildman–Crippen MR) is 77.9 cm³/mol. The average Bonchev–Trinajstić information content (AvgIpc) is 2.85. The molecule has 1 unspecified atom stereocenters. The number of rotatable bonds is 4. The zero-order chi connectivity index (χ0) is 13.0. The SMILES string of the molecule is CCC1(CC)CCN(C(=O)CC2CSCCN2)C1. The van der Waals surface area contributed by atoms with Crippen LogP contribution in [-0.4, -0.2) is 48.0 Å². The molecule has 1 amide bonds. The van der Waals surface area contributed by atoms with E-state index in [1.807, 2.05) is 11.8 Å². The first kappa shape index (κ1) is 14.2. The van der Waals surface area contributed by atoms with E-state index in [1.54, 1.807) is 0 Å². The topological polar surface area (TPSA) is 32.3 Å². The molecular weight excluding hydrogens is 244 g/mol. The van der Waals surface area contributed by atoms with Crippen LogP contribution in [0.15, 0.2) is 0 Å². The summed E-state index contributed by atoms with van der Waals surface area (Å²) in [4.78, 5) is 14.4. The molecule has 0 aromatic rings. The molecule has 104 valence electrons. The Morgan fingerprint density at radius 1 is 1.44 bits per heavy atom. The van der Waals surface area contributed by atoms with Crippen molar-refractivity contribution in [2.75, 3.05) is 31.1 Å². The van der Waals surface area contributed by atoms with Crippen molar-refractivity contribution >= 4 is 17.7 Å². The van der Waals surface area contributed by atoms with E-state index in [2.05, 4.69) is 24.1 Å². The summed E-state index contributed by atoms with van der Waals surface area (Å²) in [7, 11) is 0. The Bertz CT molecular complexity index is 286. The highest BCUT2D eigenvalue weighted by Gasteiger charge is 2.37. The second kappa shape index (κ2) is 6.29. The van der Waals surface area contributed by atoms with Crippen molar-refractivity contribution in [2.24, 2.45) is 5.41 Å². The molecule has 0 radical (unpaired) electrons. The summed E-state index contributed by atoms with van der Waals surface area (Å²) in [5.74, 6) is 2.63. The van der Waals surface area contributed by atoms with Crippen molar-refractivity contribution in [3.05, 3.63) is 0 Å². The van der Waals surface area contributed by atoms with E-state index in [0.717, 1.165) is 25.4 Å². The smallest absolute Gasteiger partial charge is 0.224 e. The van der Waals surface area contributed by atoms with Crippen molar-refractivity contribution in [1.29, 1.82) is 0 Å². The molecule has 18 heavy (non-hydrogen) atoms. The molecular formula is C14H26N2OS. The molecule has 0 saturated carbocycles. The third kappa shape index (κ3) is 3.21. The van der Waals surface area contributed by atoms with Gasteiger partial charge in [0.05, 0.1) is 0 Å². The fourth-order valence-electron chi connectivity index (χ4n) is 3.07. The maximum absolute atomic E-state index is 12.3. The van der Waals surface area contributed by atoms with Gasteiger partial charge in [-0.2, -0.15) is 11.8 Å². The molecule has 1 N–H and O–H groups in total. The van der Waals surface area contributed by atoms with Crippen LogP contribution in [0.3, 0.4) is 0 Å². The van der Waals surface area contributed by atoms with Crippen molar-refractivity contribution in [3.8, 4) is 0 Å². The van der Waals surface area contributed by atoms with Crippen LogP contribution in [0, 0.1) is 5.41 Å². The maximum atomic E-state index is 12.3. The van der Waals surface area contributed by atoms with Gasteiger partial charge in [-0.1, -0.05) is 13.8 Å². The van der Waals surface area contributed by atoms with Gasteiger partial charge in [0.25, 0.3) is 0 Å². The lowest BCUT2D eigenvalue weighted by atomic mass is 9.82. The van der Waals surface area contributed by atoms with E-state index in [9.17, 15) is 4.79 Å². The summed E-state index contributed by atoms with van der Waals surface area (Å²) < 4.78 is 0. The van der Waals surface area contributed by atoms with Crippen LogP contribution >= 0.6 is 11.8 Å². The molecule has 2 heterocycles. The second-order valence-electron chi connectivity index (χ2n) is 5.70. The Kier molecular flexibility index (Phi) is 4.96. The highest BCUT2D eigenvalue weighted by atomic mass is 32.2. The Hall–Kier alpha value is -0.220. The van der Waals surface area contributed by atoms with Gasteiger partial charge in [0.15, 0.2) is 0 Å². The van der Waals surface area contributed by atoms with E-state index in [0.29, 0.717) is 23.8 Å². The van der Waals surface area contributed by atoms with E-state index < -0.39 is 0 Å². The number of thioether (sulfide) groups is 1. The van der Waals surface area contributed by atoms with Crippen LogP contribution in [0.5, 0.6) is 0 Å². The number of amides is 1. The molecule has 2 rings (SSSR count). The molecule has 2 saturated heterocycles. The van der Waals surface area contributed by atoms with Gasteiger partial charge in [-0.15, -0.1) is 0 Å². The highest BCUT2D eigenvalue weighted by Crippen LogP contribution is 2.37. The minimum atomic E-state index is 0.360. The van der Waals surface area contributed by atoms with Crippen molar-refractivity contribution in [1.82, 2.24) is 10.2 Å². The molecule has 4 heteroatoms. The monoisotopic (exact) mass is 270 g/mol. The number of nitrogens with zero attached hydrogens (tertiary/aromatic N) is 1. The zero-order valence-corrected chi connectivity index (χ0v) is 12.5. The summed E-state index contributed by atoms with van der Waals surface area (Å²) in [5.41, 5.74) is 0.407. The van der Waals surface area contributed by atoms with Gasteiger partial charge < -0.3 is 10.2 Å². The number of carbonyl (C=O) groups is 1. The van der Waals surface area contributed by atoms with Gasteiger partial charge in [-0.25, -0.2) is 0 Å². The first-order chi connectivity index (χ1) is 8.69. The standard InChI is InChI=1S/C14H26N2OS/c1-3-14(4-2)5-7-16(11-14)13(17)9-12-10-18-8-6-15-12/h12,15H,3-11H2,1-2H3. The van der Waals surface area contributed by atoms with E-state index in [-0.39, 0.29) is 0 Å². The lowest BCUT2D eigenvalue weighted by molar-refractivity contribution is -0.131. The Labute approximate surface area is 115 Å². The molecule has 0 spiro atoms. The normalized spacial score (nSPS) is 27.4. The predicted octanol–water partition coefficient (Wildman–Crippen LogP) is 2.12. The van der Waals surface area contributed by atoms with Crippen molar-refractivity contribution in [3.63, 3.8) is 0 Å². The van der Waals surface area contributed by atoms with Crippen LogP contribution in [0.25, 0.3) is 0 Å². The van der Waals surface area contributed by atoms with Gasteiger partial charge in [-0.3, -0.25) is 4.79 Å². The lowest BCUT2D eigenvalue weighted by Gasteiger charge is -2.28. The van der Waals surface area contributed by atoms with Crippen LogP contribution in [-0.2, 0) is 4.79 Å². The lowest BCUT2D eigenvalue weighted by Crippen LogP contribution is -2.42. The van der Waals surface area contributed by atoms with Gasteiger partial charge in [-0.05, 0) is 24.7 Å². The maximum Gasteiger partial charge on any atom is 0.224 e. The number of nitrogens with one attached hydrogen (secondary N) is 1. The third-order valence-corrected chi connectivity index (χ3v) is 5.84. The first-order valence-electron chi connectivity index (χ1n) is 7.28. The number of likely N-dealkylation sites (tertiary alicyclic amines) is 1. The van der Waals surface area contributed by atoms with Crippen LogP contribution in [0.2, 0.25) is 0 Å². The van der Waals surface area contributed by atoms with Gasteiger partial charge in [0.2, 0.25) is 5.91 Å². The molecule has 2 aliphatic rings. The molecule has 2 fully saturated rings. The number of hydrogen-bond donors (Lipinski definition) is 1. The molecule has 0 bridgehead atoms. The molecule has 3 nitrogen and oxygen atoms in total. The summed E-state index contributed by atoms with van der Waals surface area (Å²) >= 11 is 1.96. The molecule has 1 atom stereocenters. The summed E-state index contributed by atoms with van der Waals surface area (Å²) in [5, 5.41) is 3.45. The second-order valence-corrected chi connectivity index (χ2v) is 6.85. The Morgan fingerprint density at radius 3 is 2.78 bits per heavy atom. The van der Waals surface area contributed by atoms with Crippen molar-refractivity contribution < 1.29 is 4.79 Å². The van der Waals surface area contributed by atoms with Gasteiger partial charge in [0, 0.05) is 43.6 Å². The largest absolute Gasteiger partial charge is 0.342 e. The zero-order valence-electron chi connectivity index (χ0n) is 11.7. The van der Waals surface area contributed by atoms with E-state index in [1.165, 1.54) is 25.0 Å². The number of carbonyl (C=O) groups excluding carboxylic acids is 1. The minimum Gasteiger partial charge on any atom is -0.342 e. The Balaban J connectivity index is 1.83. The van der Waals surface area contributed by atoms with Crippen LogP contribution in [0.4, 0.5) is 0 Å². The van der Waals surface area contributed by atoms with Crippen LogP contribution in [0.1, 0.15) is 39.5 Å². The van der Waals surface area contributed by atoms with E-state index in [4.69, 9.17) is 0 Å². The van der Waals surface area contributed by atoms with Crippen molar-refractivity contribution in [2.45, 2.75) is 45.6 Å². The third-order valence-electron chi connectivity index (χ3n) is 4.71. The van der Waals surface area contributed by atoms with Crippen LogP contribution < -0.4 is 5.32 Å². The summed E-state index contributed by atoms with van der Waals surface area (Å²) in [6.45, 7) is 7.53. The summed E-state index contributed by atoms with van der Waals surface area (Å²) in [6, 6.07) is 0.398. The first-order valence-corrected chi connectivity index (χ1v) is 8.43. The van der Waals surface area contributed by atoms with Gasteiger partial charge in [0.1, 0.15) is 0 Å². The average molecular weight is 270 g/mol. The fraction of sp³-hybridized carbons (Fsp3) is 0.929. The number of hydrogen-bond acceptors (Lipinski definition) is 3. The summed E-state index contributed by atoms with van der Waals surface area (Å²) in [6.07, 6.45) is 4.28. The minimum absolute atomic E-state index is 0.360.